The summed E-state index contributed by atoms with van der Waals surface area (Å²) in [5.74, 6) is -1.67. The van der Waals surface area contributed by atoms with Crippen molar-refractivity contribution < 1.29 is 30.1 Å². The van der Waals surface area contributed by atoms with Crippen molar-refractivity contribution in [3.8, 4) is 0 Å². The molecule has 1 fully saturated rings. The fraction of sp³-hybridized carbons (Fsp3) is 0.455. The van der Waals surface area contributed by atoms with Crippen LogP contribution in [-0.2, 0) is 25.6 Å². The minimum absolute atomic E-state index is 0.303. The maximum absolute atomic E-state index is 9.35. The number of benzene rings is 1. The van der Waals surface area contributed by atoms with Crippen LogP contribution in [-0.4, -0.2) is 23.4 Å². The van der Waals surface area contributed by atoms with Crippen molar-refractivity contribution in [2.45, 2.75) is 19.1 Å². The molecule has 0 atom stereocenters. The maximum atomic E-state index is 9.35. The van der Waals surface area contributed by atoms with E-state index in [0.29, 0.717) is 25.2 Å². The normalized spacial score (nSPS) is 15.9. The van der Waals surface area contributed by atoms with Crippen molar-refractivity contribution in [2.24, 2.45) is 0 Å². The van der Waals surface area contributed by atoms with Crippen LogP contribution in [0.4, 0.5) is 0 Å². The molecule has 2 N–H and O–H groups in total. The second-order valence-corrected chi connectivity index (χ2v) is 3.32. The highest BCUT2D eigenvalue weighted by Gasteiger charge is 2.21. The van der Waals surface area contributed by atoms with Gasteiger partial charge in [-0.05, 0) is 10.1 Å². The minimum atomic E-state index is -1.67. The zero-order valence-corrected chi connectivity index (χ0v) is 9.54. The summed E-state index contributed by atoms with van der Waals surface area (Å²) in [5, 5.41) is 26.4. The highest BCUT2D eigenvalue weighted by Crippen LogP contribution is 2.20. The van der Waals surface area contributed by atoms with Gasteiger partial charge in [0.2, 0.25) is 0 Å². The lowest BCUT2D eigenvalue weighted by molar-refractivity contribution is -0.663. The van der Waals surface area contributed by atoms with Gasteiger partial charge in [0.25, 0.3) is 0 Å². The quantitative estimate of drug-likeness (QED) is 0.598. The lowest BCUT2D eigenvalue weighted by atomic mass is 10.0. The molecule has 1 aliphatic heterocycles. The molecule has 0 saturated carbocycles. The summed E-state index contributed by atoms with van der Waals surface area (Å²) >= 11 is 0. The van der Waals surface area contributed by atoms with Gasteiger partial charge in [-0.3, -0.25) is 0 Å². The van der Waals surface area contributed by atoms with Crippen LogP contribution in [0.1, 0.15) is 18.9 Å². The van der Waals surface area contributed by atoms with Gasteiger partial charge in [-0.1, -0.05) is 37.3 Å². The predicted octanol–water partition coefficient (Wildman–Crippen LogP) is 1.05. The Hall–Kier alpha value is -1.02. The average molecular weight is 244 g/mol. The van der Waals surface area contributed by atoms with Gasteiger partial charge in [0.05, 0.1) is 0 Å². The van der Waals surface area contributed by atoms with E-state index in [9.17, 15) is 10.2 Å². The van der Waals surface area contributed by atoms with E-state index in [1.165, 1.54) is 0 Å². The Morgan fingerprint density at radius 2 is 1.59 bits per heavy atom. The molecule has 6 heteroatoms. The van der Waals surface area contributed by atoms with Gasteiger partial charge < -0.3 is 10.2 Å². The van der Waals surface area contributed by atoms with Crippen molar-refractivity contribution >= 4 is 0 Å². The van der Waals surface area contributed by atoms with E-state index >= 15 is 0 Å². The summed E-state index contributed by atoms with van der Waals surface area (Å²) in [7, 11) is 0. The third-order valence-electron chi connectivity index (χ3n) is 2.10. The molecule has 0 bridgehead atoms. The molecule has 1 aromatic carbocycles. The number of aliphatic hydroxyl groups is 2. The second kappa shape index (κ2) is 7.33. The van der Waals surface area contributed by atoms with Crippen molar-refractivity contribution in [1.29, 1.82) is 0 Å². The number of hydrogen-bond donors (Lipinski definition) is 2. The van der Waals surface area contributed by atoms with Gasteiger partial charge in [0.1, 0.15) is 13.2 Å². The van der Waals surface area contributed by atoms with Gasteiger partial charge in [-0.2, -0.15) is 0 Å². The van der Waals surface area contributed by atoms with Gasteiger partial charge in [-0.25, -0.2) is 9.78 Å². The van der Waals surface area contributed by atoms with E-state index < -0.39 is 5.79 Å². The number of rotatable bonds is 2. The Morgan fingerprint density at radius 3 is 1.94 bits per heavy atom. The van der Waals surface area contributed by atoms with E-state index in [1.54, 1.807) is 31.2 Å². The first-order valence-corrected chi connectivity index (χ1v) is 5.25. The van der Waals surface area contributed by atoms with Gasteiger partial charge in [-0.15, -0.1) is 0 Å². The molecule has 1 aromatic rings. The molecule has 2 rings (SSSR count). The SMILES string of the molecule is C1COOOO1.CCC(O)(O)c1ccccc1. The van der Waals surface area contributed by atoms with Gasteiger partial charge >= 0.3 is 0 Å². The third-order valence-corrected chi connectivity index (χ3v) is 2.10. The van der Waals surface area contributed by atoms with Crippen LogP contribution in [0.2, 0.25) is 0 Å². The van der Waals surface area contributed by atoms with Crippen molar-refractivity contribution in [3.63, 3.8) is 0 Å². The summed E-state index contributed by atoms with van der Waals surface area (Å²) in [6, 6.07) is 8.81. The van der Waals surface area contributed by atoms with Crippen LogP contribution in [0.25, 0.3) is 0 Å². The Labute approximate surface area is 99.1 Å². The zero-order valence-electron chi connectivity index (χ0n) is 9.54. The van der Waals surface area contributed by atoms with Gasteiger partial charge in [0, 0.05) is 12.0 Å². The monoisotopic (exact) mass is 244 g/mol. The molecular formula is C11H16O6. The Bertz CT molecular complexity index is 285. The Morgan fingerprint density at radius 1 is 1.06 bits per heavy atom. The molecule has 0 aliphatic carbocycles. The molecule has 6 nitrogen and oxygen atoms in total. The molecule has 0 spiro atoms. The largest absolute Gasteiger partial charge is 0.362 e. The summed E-state index contributed by atoms with van der Waals surface area (Å²) < 4.78 is 0. The van der Waals surface area contributed by atoms with Gasteiger partial charge in [0.15, 0.2) is 5.79 Å². The summed E-state index contributed by atoms with van der Waals surface area (Å²) in [6.45, 7) is 2.59. The molecule has 17 heavy (non-hydrogen) atoms. The van der Waals surface area contributed by atoms with Crippen LogP contribution >= 0.6 is 0 Å². The first-order valence-electron chi connectivity index (χ1n) is 5.25. The van der Waals surface area contributed by atoms with Crippen LogP contribution < -0.4 is 0 Å². The second-order valence-electron chi connectivity index (χ2n) is 3.32. The predicted molar refractivity (Wildman–Crippen MR) is 56.9 cm³/mol. The molecule has 1 saturated heterocycles. The maximum Gasteiger partial charge on any atom is 0.189 e. The highest BCUT2D eigenvalue weighted by molar-refractivity contribution is 5.19. The van der Waals surface area contributed by atoms with Crippen LogP contribution in [0.5, 0.6) is 0 Å². The fourth-order valence-corrected chi connectivity index (χ4v) is 1.08. The Kier molecular flexibility index (Phi) is 6.06. The lowest BCUT2D eigenvalue weighted by Gasteiger charge is -2.19. The smallest absolute Gasteiger partial charge is 0.189 e. The zero-order chi connectivity index (χ0) is 12.6. The Balaban J connectivity index is 0.000000202. The third kappa shape index (κ3) is 5.22. The van der Waals surface area contributed by atoms with E-state index in [0.717, 1.165) is 0 Å². The topological polar surface area (TPSA) is 77.4 Å². The van der Waals surface area contributed by atoms with Crippen molar-refractivity contribution in [1.82, 2.24) is 0 Å². The molecule has 0 radical (unpaired) electrons. The molecule has 1 aliphatic rings. The lowest BCUT2D eigenvalue weighted by Crippen LogP contribution is -2.23. The molecule has 1 heterocycles. The van der Waals surface area contributed by atoms with Crippen molar-refractivity contribution in [3.05, 3.63) is 35.9 Å². The van der Waals surface area contributed by atoms with E-state index in [4.69, 9.17) is 0 Å². The summed E-state index contributed by atoms with van der Waals surface area (Å²) in [6.07, 6.45) is 0.303. The first kappa shape index (κ1) is 14.0. The van der Waals surface area contributed by atoms with Crippen LogP contribution in [0, 0.1) is 0 Å². The highest BCUT2D eigenvalue weighted by atomic mass is 17.7. The van der Waals surface area contributed by atoms with E-state index in [-0.39, 0.29) is 0 Å². The summed E-state index contributed by atoms with van der Waals surface area (Å²) in [4.78, 5) is 8.44. The molecule has 96 valence electrons. The van der Waals surface area contributed by atoms with Crippen LogP contribution in [0.15, 0.2) is 30.3 Å². The van der Waals surface area contributed by atoms with Crippen LogP contribution in [0.3, 0.4) is 0 Å². The minimum Gasteiger partial charge on any atom is -0.362 e. The van der Waals surface area contributed by atoms with Crippen molar-refractivity contribution in [2.75, 3.05) is 13.2 Å². The summed E-state index contributed by atoms with van der Waals surface area (Å²) in [5.41, 5.74) is 0.544. The molecule has 0 aromatic heterocycles. The molecular weight excluding hydrogens is 228 g/mol. The standard InChI is InChI=1S/C9H12O2.C2H4O4/c1-2-9(10,11)8-6-4-3-5-7-8;1-2-4-6-5-3-1/h3-7,10-11H,2H2,1H3;1-2H2. The fourth-order valence-electron chi connectivity index (χ4n) is 1.08. The molecule has 0 amide bonds. The van der Waals surface area contributed by atoms with E-state index in [1.807, 2.05) is 6.07 Å². The number of hydrogen-bond acceptors (Lipinski definition) is 6. The first-order chi connectivity index (χ1) is 8.17. The molecule has 0 unspecified atom stereocenters. The average Bonchev–Trinajstić information content (AvgIpc) is 2.42. The van der Waals surface area contributed by atoms with E-state index in [2.05, 4.69) is 19.9 Å².